The predicted octanol–water partition coefficient (Wildman–Crippen LogP) is 4.40. The van der Waals surface area contributed by atoms with E-state index in [9.17, 15) is 0 Å². The van der Waals surface area contributed by atoms with Crippen LogP contribution >= 0.6 is 23.2 Å². The van der Waals surface area contributed by atoms with Gasteiger partial charge in [0.05, 0.1) is 15.7 Å². The molecular formula is C14H14Cl2N2O. The third-order valence-corrected chi connectivity index (χ3v) is 3.08. The highest BCUT2D eigenvalue weighted by Gasteiger charge is 2.07. The van der Waals surface area contributed by atoms with Crippen LogP contribution in [0.2, 0.25) is 10.0 Å². The number of pyridine rings is 1. The number of nitrogens with one attached hydrogen (secondary N) is 1. The first-order valence-electron chi connectivity index (χ1n) is 5.96. The lowest BCUT2D eigenvalue weighted by molar-refractivity contribution is 0.302. The molecule has 0 aliphatic carbocycles. The van der Waals surface area contributed by atoms with E-state index in [1.807, 2.05) is 19.1 Å². The highest BCUT2D eigenvalue weighted by atomic mass is 35.5. The number of hydrogen-bond donors (Lipinski definition) is 1. The van der Waals surface area contributed by atoms with Gasteiger partial charge in [0.15, 0.2) is 5.75 Å². The second-order valence-electron chi connectivity index (χ2n) is 3.91. The van der Waals surface area contributed by atoms with Crippen LogP contribution < -0.4 is 10.1 Å². The summed E-state index contributed by atoms with van der Waals surface area (Å²) in [5.41, 5.74) is 1.83. The number of rotatable bonds is 5. The minimum absolute atomic E-state index is 0.322. The molecular weight excluding hydrogens is 283 g/mol. The quantitative estimate of drug-likeness (QED) is 0.888. The molecule has 5 heteroatoms. The fourth-order valence-corrected chi connectivity index (χ4v) is 2.14. The van der Waals surface area contributed by atoms with Crippen LogP contribution in [0, 0.1) is 0 Å². The van der Waals surface area contributed by atoms with Gasteiger partial charge < -0.3 is 10.1 Å². The lowest BCUT2D eigenvalue weighted by Crippen LogP contribution is -2.02. The van der Waals surface area contributed by atoms with E-state index in [1.165, 1.54) is 0 Å². The molecule has 2 aromatic rings. The van der Waals surface area contributed by atoms with Gasteiger partial charge in [0, 0.05) is 18.4 Å². The zero-order valence-electron chi connectivity index (χ0n) is 10.5. The molecule has 0 spiro atoms. The Kier molecular flexibility index (Phi) is 4.88. The van der Waals surface area contributed by atoms with E-state index in [2.05, 4.69) is 10.3 Å². The normalized spacial score (nSPS) is 10.3. The first-order valence-corrected chi connectivity index (χ1v) is 6.72. The van der Waals surface area contributed by atoms with E-state index in [0.29, 0.717) is 22.4 Å². The molecule has 0 aliphatic heterocycles. The smallest absolute Gasteiger partial charge is 0.157 e. The summed E-state index contributed by atoms with van der Waals surface area (Å²) in [6, 6.07) is 9.11. The largest absolute Gasteiger partial charge is 0.484 e. The summed E-state index contributed by atoms with van der Waals surface area (Å²) in [4.78, 5) is 4.24. The third kappa shape index (κ3) is 3.75. The highest BCUT2D eigenvalue weighted by molar-refractivity contribution is 6.37. The maximum Gasteiger partial charge on any atom is 0.157 e. The van der Waals surface area contributed by atoms with Crippen molar-refractivity contribution >= 4 is 28.9 Å². The average molecular weight is 297 g/mol. The zero-order valence-corrected chi connectivity index (χ0v) is 12.0. The maximum absolute atomic E-state index is 6.03. The summed E-state index contributed by atoms with van der Waals surface area (Å²) in [6.45, 7) is 3.23. The number of halogens is 2. The van der Waals surface area contributed by atoms with Crippen molar-refractivity contribution in [3.05, 3.63) is 52.3 Å². The molecule has 1 aromatic heterocycles. The second kappa shape index (κ2) is 6.64. The minimum atomic E-state index is 0.322. The van der Waals surface area contributed by atoms with Crippen LogP contribution in [0.5, 0.6) is 5.75 Å². The topological polar surface area (TPSA) is 34.2 Å². The summed E-state index contributed by atoms with van der Waals surface area (Å²) >= 11 is 12.1. The Hall–Kier alpha value is -1.45. The molecule has 100 valence electrons. The van der Waals surface area contributed by atoms with Gasteiger partial charge in [0.1, 0.15) is 6.61 Å². The lowest BCUT2D eigenvalue weighted by atomic mass is 10.3. The van der Waals surface area contributed by atoms with Crippen molar-refractivity contribution in [2.24, 2.45) is 0 Å². The Balaban J connectivity index is 2.08. The van der Waals surface area contributed by atoms with Crippen molar-refractivity contribution in [1.82, 2.24) is 4.98 Å². The first-order chi connectivity index (χ1) is 9.20. The van der Waals surface area contributed by atoms with Crippen LogP contribution in [0.15, 0.2) is 36.5 Å². The van der Waals surface area contributed by atoms with Crippen molar-refractivity contribution in [3.8, 4) is 5.75 Å². The maximum atomic E-state index is 6.03. The van der Waals surface area contributed by atoms with Gasteiger partial charge in [-0.15, -0.1) is 0 Å². The Morgan fingerprint density at radius 1 is 1.21 bits per heavy atom. The Bertz CT molecular complexity index is 541. The molecule has 19 heavy (non-hydrogen) atoms. The van der Waals surface area contributed by atoms with Crippen LogP contribution in [-0.2, 0) is 6.61 Å². The van der Waals surface area contributed by atoms with E-state index in [0.717, 1.165) is 17.9 Å². The van der Waals surface area contributed by atoms with Gasteiger partial charge in [-0.3, -0.25) is 4.98 Å². The zero-order chi connectivity index (χ0) is 13.7. The molecule has 0 unspecified atom stereocenters. The standard InChI is InChI=1S/C14H14Cl2N2O/c1-2-17-10-6-7-18-11(8-10)9-19-14-12(15)4-3-5-13(14)16/h3-8H,2,9H2,1H3,(H,17,18). The SMILES string of the molecule is CCNc1ccnc(COc2c(Cl)cccc2Cl)c1. The highest BCUT2D eigenvalue weighted by Crippen LogP contribution is 2.32. The Morgan fingerprint density at radius 3 is 2.63 bits per heavy atom. The summed E-state index contributed by atoms with van der Waals surface area (Å²) in [7, 11) is 0. The second-order valence-corrected chi connectivity index (χ2v) is 4.72. The van der Waals surface area contributed by atoms with E-state index in [1.54, 1.807) is 24.4 Å². The van der Waals surface area contributed by atoms with E-state index >= 15 is 0 Å². The Labute approximate surface area is 122 Å². The number of para-hydroxylation sites is 1. The minimum Gasteiger partial charge on any atom is -0.484 e. The molecule has 0 fully saturated rings. The average Bonchev–Trinajstić information content (AvgIpc) is 2.39. The summed E-state index contributed by atoms with van der Waals surface area (Å²) in [5.74, 6) is 0.487. The van der Waals surface area contributed by atoms with E-state index in [-0.39, 0.29) is 0 Å². The van der Waals surface area contributed by atoms with Gasteiger partial charge in [-0.2, -0.15) is 0 Å². The fraction of sp³-hybridized carbons (Fsp3) is 0.214. The molecule has 0 radical (unpaired) electrons. The van der Waals surface area contributed by atoms with Crippen molar-refractivity contribution in [2.45, 2.75) is 13.5 Å². The van der Waals surface area contributed by atoms with Crippen molar-refractivity contribution < 1.29 is 4.74 Å². The molecule has 0 saturated heterocycles. The van der Waals surface area contributed by atoms with Crippen LogP contribution in [0.4, 0.5) is 5.69 Å². The van der Waals surface area contributed by atoms with E-state index < -0.39 is 0 Å². The van der Waals surface area contributed by atoms with Crippen molar-refractivity contribution in [2.75, 3.05) is 11.9 Å². The molecule has 1 N–H and O–H groups in total. The fourth-order valence-electron chi connectivity index (χ4n) is 1.64. The van der Waals surface area contributed by atoms with Gasteiger partial charge in [-0.05, 0) is 31.2 Å². The van der Waals surface area contributed by atoms with E-state index in [4.69, 9.17) is 27.9 Å². The molecule has 0 atom stereocenters. The molecule has 0 saturated carbocycles. The van der Waals surface area contributed by atoms with Gasteiger partial charge in [0.25, 0.3) is 0 Å². The van der Waals surface area contributed by atoms with Crippen LogP contribution in [0.3, 0.4) is 0 Å². The van der Waals surface area contributed by atoms with Gasteiger partial charge >= 0.3 is 0 Å². The first kappa shape index (κ1) is 14.0. The molecule has 0 aliphatic rings. The third-order valence-electron chi connectivity index (χ3n) is 2.48. The molecule has 2 rings (SSSR count). The van der Waals surface area contributed by atoms with Crippen LogP contribution in [0.1, 0.15) is 12.6 Å². The molecule has 3 nitrogen and oxygen atoms in total. The molecule has 1 aromatic carbocycles. The van der Waals surface area contributed by atoms with Crippen LogP contribution in [0.25, 0.3) is 0 Å². The van der Waals surface area contributed by atoms with Gasteiger partial charge in [0.2, 0.25) is 0 Å². The lowest BCUT2D eigenvalue weighted by Gasteiger charge is -2.10. The summed E-state index contributed by atoms with van der Waals surface area (Å²) in [6.07, 6.45) is 1.74. The number of aromatic nitrogens is 1. The molecule has 0 amide bonds. The number of nitrogens with zero attached hydrogens (tertiary/aromatic N) is 1. The predicted molar refractivity (Wildman–Crippen MR) is 79.2 cm³/mol. The number of benzene rings is 1. The van der Waals surface area contributed by atoms with Gasteiger partial charge in [-0.25, -0.2) is 0 Å². The van der Waals surface area contributed by atoms with Gasteiger partial charge in [-0.1, -0.05) is 29.3 Å². The van der Waals surface area contributed by atoms with Crippen LogP contribution in [-0.4, -0.2) is 11.5 Å². The number of ether oxygens (including phenoxy) is 1. The number of hydrogen-bond acceptors (Lipinski definition) is 3. The van der Waals surface area contributed by atoms with Crippen molar-refractivity contribution in [3.63, 3.8) is 0 Å². The summed E-state index contributed by atoms with van der Waals surface area (Å²) in [5, 5.41) is 4.21. The Morgan fingerprint density at radius 2 is 1.95 bits per heavy atom. The molecule has 0 bridgehead atoms. The molecule has 1 heterocycles. The monoisotopic (exact) mass is 296 g/mol. The van der Waals surface area contributed by atoms with Crippen molar-refractivity contribution in [1.29, 1.82) is 0 Å². The summed E-state index contributed by atoms with van der Waals surface area (Å²) < 4.78 is 5.63. The number of anilines is 1.